The van der Waals surface area contributed by atoms with Gasteiger partial charge in [0.05, 0.1) is 0 Å². The standard InChI is InChI=1S/C13H19NO3/c1-11(8-9-16-2)14-13(15)17-10-12-6-4-3-5-7-12/h3-7,11H,8-10H2,1-2H3,(H,14,15)/t11-/m0/s1. The Bertz CT molecular complexity index is 327. The minimum Gasteiger partial charge on any atom is -0.445 e. The van der Waals surface area contributed by atoms with Crippen LogP contribution in [0.3, 0.4) is 0 Å². The van der Waals surface area contributed by atoms with Gasteiger partial charge in [-0.1, -0.05) is 30.3 Å². The van der Waals surface area contributed by atoms with Crippen LogP contribution in [0.25, 0.3) is 0 Å². The fraction of sp³-hybridized carbons (Fsp3) is 0.462. The van der Waals surface area contributed by atoms with Crippen molar-refractivity contribution < 1.29 is 14.3 Å². The number of methoxy groups -OCH3 is 1. The van der Waals surface area contributed by atoms with Crippen molar-refractivity contribution in [1.29, 1.82) is 0 Å². The van der Waals surface area contributed by atoms with Crippen LogP contribution in [0, 0.1) is 0 Å². The van der Waals surface area contributed by atoms with E-state index in [2.05, 4.69) is 5.32 Å². The van der Waals surface area contributed by atoms with Crippen LogP contribution < -0.4 is 5.32 Å². The second-order valence-corrected chi connectivity index (χ2v) is 3.89. The van der Waals surface area contributed by atoms with E-state index >= 15 is 0 Å². The highest BCUT2D eigenvalue weighted by atomic mass is 16.5. The van der Waals surface area contributed by atoms with Crippen molar-refractivity contribution >= 4 is 6.09 Å². The maximum Gasteiger partial charge on any atom is 0.407 e. The first kappa shape index (κ1) is 13.5. The zero-order valence-corrected chi connectivity index (χ0v) is 10.3. The van der Waals surface area contributed by atoms with Gasteiger partial charge in [-0.15, -0.1) is 0 Å². The quantitative estimate of drug-likeness (QED) is 0.826. The van der Waals surface area contributed by atoms with Crippen LogP contribution in [0.4, 0.5) is 4.79 Å². The van der Waals surface area contributed by atoms with Gasteiger partial charge in [-0.05, 0) is 18.9 Å². The third-order valence-electron chi connectivity index (χ3n) is 2.33. The summed E-state index contributed by atoms with van der Waals surface area (Å²) < 4.78 is 10.0. The first-order chi connectivity index (χ1) is 8.22. The van der Waals surface area contributed by atoms with E-state index in [1.54, 1.807) is 7.11 Å². The van der Waals surface area contributed by atoms with Crippen molar-refractivity contribution in [3.8, 4) is 0 Å². The predicted molar refractivity (Wildman–Crippen MR) is 65.7 cm³/mol. The molecule has 0 aromatic heterocycles. The summed E-state index contributed by atoms with van der Waals surface area (Å²) in [6, 6.07) is 9.65. The van der Waals surface area contributed by atoms with Gasteiger partial charge in [-0.3, -0.25) is 0 Å². The first-order valence-corrected chi connectivity index (χ1v) is 5.68. The minimum absolute atomic E-state index is 0.0539. The molecule has 0 radical (unpaired) electrons. The van der Waals surface area contributed by atoms with Gasteiger partial charge in [-0.2, -0.15) is 0 Å². The van der Waals surface area contributed by atoms with Gasteiger partial charge in [0, 0.05) is 19.8 Å². The molecule has 1 rings (SSSR count). The van der Waals surface area contributed by atoms with E-state index in [1.807, 2.05) is 37.3 Å². The molecule has 0 heterocycles. The summed E-state index contributed by atoms with van der Waals surface area (Å²) in [5.74, 6) is 0. The average Bonchev–Trinajstić information content (AvgIpc) is 2.35. The summed E-state index contributed by atoms with van der Waals surface area (Å²) >= 11 is 0. The first-order valence-electron chi connectivity index (χ1n) is 5.68. The molecule has 4 heteroatoms. The van der Waals surface area contributed by atoms with Gasteiger partial charge in [-0.25, -0.2) is 4.79 Å². The fourth-order valence-corrected chi connectivity index (χ4v) is 1.33. The number of nitrogens with one attached hydrogen (secondary N) is 1. The lowest BCUT2D eigenvalue weighted by atomic mass is 10.2. The molecule has 0 saturated carbocycles. The number of carbonyl (C=O) groups is 1. The van der Waals surface area contributed by atoms with Crippen LogP contribution in [0.15, 0.2) is 30.3 Å². The lowest BCUT2D eigenvalue weighted by molar-refractivity contribution is 0.132. The van der Waals surface area contributed by atoms with Crippen molar-refractivity contribution in [2.75, 3.05) is 13.7 Å². The van der Waals surface area contributed by atoms with Crippen molar-refractivity contribution in [2.45, 2.75) is 26.0 Å². The smallest absolute Gasteiger partial charge is 0.407 e. The summed E-state index contributed by atoms with van der Waals surface area (Å²) in [7, 11) is 1.64. The normalized spacial score (nSPS) is 11.9. The maximum absolute atomic E-state index is 11.4. The number of carbonyl (C=O) groups excluding carboxylic acids is 1. The van der Waals surface area contributed by atoms with E-state index in [-0.39, 0.29) is 6.04 Å². The molecule has 0 unspecified atom stereocenters. The molecule has 94 valence electrons. The Morgan fingerprint density at radius 1 is 1.35 bits per heavy atom. The Hall–Kier alpha value is -1.55. The van der Waals surface area contributed by atoms with E-state index in [0.29, 0.717) is 13.2 Å². The van der Waals surface area contributed by atoms with Crippen LogP contribution >= 0.6 is 0 Å². The summed E-state index contributed by atoms with van der Waals surface area (Å²) in [5, 5.41) is 2.74. The summed E-state index contributed by atoms with van der Waals surface area (Å²) in [4.78, 5) is 11.4. The zero-order chi connectivity index (χ0) is 12.5. The molecule has 4 nitrogen and oxygen atoms in total. The van der Waals surface area contributed by atoms with Crippen LogP contribution in [0.1, 0.15) is 18.9 Å². The zero-order valence-electron chi connectivity index (χ0n) is 10.3. The van der Waals surface area contributed by atoms with Gasteiger partial charge < -0.3 is 14.8 Å². The molecule has 0 aliphatic heterocycles. The predicted octanol–water partition coefficient (Wildman–Crippen LogP) is 2.34. The SMILES string of the molecule is COCC[C@H](C)NC(=O)OCc1ccccc1. The van der Waals surface area contributed by atoms with E-state index in [9.17, 15) is 4.79 Å². The molecule has 0 aliphatic carbocycles. The molecule has 0 spiro atoms. The van der Waals surface area contributed by atoms with E-state index in [0.717, 1.165) is 12.0 Å². The van der Waals surface area contributed by atoms with E-state index in [4.69, 9.17) is 9.47 Å². The number of alkyl carbamates (subject to hydrolysis) is 1. The van der Waals surface area contributed by atoms with Crippen LogP contribution in [0.5, 0.6) is 0 Å². The van der Waals surface area contributed by atoms with Crippen molar-refractivity contribution in [3.63, 3.8) is 0 Å². The molecule has 0 bridgehead atoms. The molecule has 17 heavy (non-hydrogen) atoms. The topological polar surface area (TPSA) is 47.6 Å². The van der Waals surface area contributed by atoms with Crippen LogP contribution in [-0.4, -0.2) is 25.9 Å². The summed E-state index contributed by atoms with van der Waals surface area (Å²) in [6.45, 7) is 2.84. The molecule has 1 atom stereocenters. The molecular weight excluding hydrogens is 218 g/mol. The van der Waals surface area contributed by atoms with Gasteiger partial charge in [0.1, 0.15) is 6.61 Å². The molecule has 0 fully saturated rings. The Morgan fingerprint density at radius 2 is 2.06 bits per heavy atom. The van der Waals surface area contributed by atoms with Gasteiger partial charge in [0.15, 0.2) is 0 Å². The number of hydrogen-bond acceptors (Lipinski definition) is 3. The average molecular weight is 237 g/mol. The largest absolute Gasteiger partial charge is 0.445 e. The van der Waals surface area contributed by atoms with E-state index in [1.165, 1.54) is 0 Å². The second kappa shape index (κ2) is 7.68. The minimum atomic E-state index is -0.391. The highest BCUT2D eigenvalue weighted by Crippen LogP contribution is 2.01. The number of benzene rings is 1. The molecule has 1 aromatic carbocycles. The molecule has 1 aromatic rings. The Balaban J connectivity index is 2.21. The lowest BCUT2D eigenvalue weighted by Crippen LogP contribution is -2.33. The third kappa shape index (κ3) is 5.92. The fourth-order valence-electron chi connectivity index (χ4n) is 1.33. The third-order valence-corrected chi connectivity index (χ3v) is 2.33. The Morgan fingerprint density at radius 3 is 2.71 bits per heavy atom. The van der Waals surface area contributed by atoms with E-state index < -0.39 is 6.09 Å². The molecule has 1 N–H and O–H groups in total. The Kier molecular flexibility index (Phi) is 6.10. The van der Waals surface area contributed by atoms with Crippen LogP contribution in [-0.2, 0) is 16.1 Å². The van der Waals surface area contributed by atoms with Gasteiger partial charge >= 0.3 is 6.09 Å². The Labute approximate surface area is 102 Å². The van der Waals surface area contributed by atoms with Crippen molar-refractivity contribution in [2.24, 2.45) is 0 Å². The van der Waals surface area contributed by atoms with Gasteiger partial charge in [0.2, 0.25) is 0 Å². The second-order valence-electron chi connectivity index (χ2n) is 3.89. The van der Waals surface area contributed by atoms with Crippen LogP contribution in [0.2, 0.25) is 0 Å². The highest BCUT2D eigenvalue weighted by Gasteiger charge is 2.07. The molecule has 0 aliphatic rings. The maximum atomic E-state index is 11.4. The number of rotatable bonds is 6. The number of amides is 1. The number of ether oxygens (including phenoxy) is 2. The summed E-state index contributed by atoms with van der Waals surface area (Å²) in [6.07, 6.45) is 0.383. The highest BCUT2D eigenvalue weighted by molar-refractivity contribution is 5.67. The van der Waals surface area contributed by atoms with Crippen molar-refractivity contribution in [3.05, 3.63) is 35.9 Å². The molecular formula is C13H19NO3. The molecule has 1 amide bonds. The van der Waals surface area contributed by atoms with Gasteiger partial charge in [0.25, 0.3) is 0 Å². The monoisotopic (exact) mass is 237 g/mol. The number of hydrogen-bond donors (Lipinski definition) is 1. The summed E-state index contributed by atoms with van der Waals surface area (Å²) in [5.41, 5.74) is 0.979. The lowest BCUT2D eigenvalue weighted by Gasteiger charge is -2.13. The van der Waals surface area contributed by atoms with Crippen molar-refractivity contribution in [1.82, 2.24) is 5.32 Å². The molecule has 0 saturated heterocycles.